The summed E-state index contributed by atoms with van der Waals surface area (Å²) in [7, 11) is 0. The standard InChI is InChI=1S/C22H17NO3/c24-22(26-18-11-12-21-20(13-18)23-15-25-21)14-19(16-7-3-1-4-8-16)17-9-5-2-6-10-17/h1-13,15,19H,14H2. The molecule has 0 aliphatic carbocycles. The maximum atomic E-state index is 12.6. The van der Waals surface area contributed by atoms with Gasteiger partial charge < -0.3 is 9.15 Å². The summed E-state index contributed by atoms with van der Waals surface area (Å²) in [5.74, 6) is 0.127. The molecule has 128 valence electrons. The number of hydrogen-bond acceptors (Lipinski definition) is 4. The number of aromatic nitrogens is 1. The van der Waals surface area contributed by atoms with Crippen molar-refractivity contribution in [1.29, 1.82) is 0 Å². The Bertz CT molecular complexity index is 970. The van der Waals surface area contributed by atoms with Crippen LogP contribution in [0.3, 0.4) is 0 Å². The highest BCUT2D eigenvalue weighted by Crippen LogP contribution is 2.29. The van der Waals surface area contributed by atoms with Gasteiger partial charge in [-0.25, -0.2) is 4.98 Å². The molecular weight excluding hydrogens is 326 g/mol. The normalized spacial score (nSPS) is 11.0. The predicted molar refractivity (Wildman–Crippen MR) is 99.0 cm³/mol. The number of esters is 1. The van der Waals surface area contributed by atoms with E-state index in [0.29, 0.717) is 16.8 Å². The van der Waals surface area contributed by atoms with Crippen LogP contribution in [0.2, 0.25) is 0 Å². The lowest BCUT2D eigenvalue weighted by molar-refractivity contribution is -0.134. The van der Waals surface area contributed by atoms with Crippen molar-refractivity contribution < 1.29 is 13.9 Å². The monoisotopic (exact) mass is 343 g/mol. The van der Waals surface area contributed by atoms with Crippen LogP contribution in [0.25, 0.3) is 11.1 Å². The van der Waals surface area contributed by atoms with Gasteiger partial charge in [-0.3, -0.25) is 4.79 Å². The van der Waals surface area contributed by atoms with Crippen molar-refractivity contribution in [2.75, 3.05) is 0 Å². The van der Waals surface area contributed by atoms with Gasteiger partial charge in [0.15, 0.2) is 12.0 Å². The Morgan fingerprint density at radius 2 is 1.58 bits per heavy atom. The van der Waals surface area contributed by atoms with Gasteiger partial charge in [-0.15, -0.1) is 0 Å². The zero-order chi connectivity index (χ0) is 17.8. The molecule has 4 nitrogen and oxygen atoms in total. The number of carbonyl (C=O) groups excluding carboxylic acids is 1. The van der Waals surface area contributed by atoms with Crippen LogP contribution in [0.15, 0.2) is 89.7 Å². The van der Waals surface area contributed by atoms with Crippen LogP contribution in [0.4, 0.5) is 0 Å². The van der Waals surface area contributed by atoms with Crippen LogP contribution in [-0.2, 0) is 4.79 Å². The van der Waals surface area contributed by atoms with E-state index in [2.05, 4.69) is 4.98 Å². The number of fused-ring (bicyclic) bond motifs is 1. The van der Waals surface area contributed by atoms with E-state index in [1.807, 2.05) is 60.7 Å². The summed E-state index contributed by atoms with van der Waals surface area (Å²) in [5.41, 5.74) is 3.50. The van der Waals surface area contributed by atoms with E-state index < -0.39 is 0 Å². The van der Waals surface area contributed by atoms with E-state index in [0.717, 1.165) is 11.1 Å². The maximum absolute atomic E-state index is 12.6. The first-order chi connectivity index (χ1) is 12.8. The number of oxazole rings is 1. The largest absolute Gasteiger partial charge is 0.443 e. The molecule has 0 bridgehead atoms. The third-order valence-corrected chi connectivity index (χ3v) is 4.31. The topological polar surface area (TPSA) is 52.3 Å². The van der Waals surface area contributed by atoms with E-state index in [4.69, 9.17) is 9.15 Å². The second-order valence-electron chi connectivity index (χ2n) is 6.03. The summed E-state index contributed by atoms with van der Waals surface area (Å²) in [5, 5.41) is 0. The lowest BCUT2D eigenvalue weighted by Gasteiger charge is -2.17. The molecule has 0 spiro atoms. The summed E-state index contributed by atoms with van der Waals surface area (Å²) < 4.78 is 10.8. The molecule has 1 heterocycles. The summed E-state index contributed by atoms with van der Waals surface area (Å²) >= 11 is 0. The average Bonchev–Trinajstić information content (AvgIpc) is 3.15. The van der Waals surface area contributed by atoms with Crippen LogP contribution in [0, 0.1) is 0 Å². The molecule has 0 atom stereocenters. The Kier molecular flexibility index (Phi) is 4.48. The number of hydrogen-bond donors (Lipinski definition) is 0. The minimum absolute atomic E-state index is 0.0549. The zero-order valence-corrected chi connectivity index (χ0v) is 14.0. The van der Waals surface area contributed by atoms with Crippen LogP contribution in [-0.4, -0.2) is 11.0 Å². The zero-order valence-electron chi connectivity index (χ0n) is 14.0. The van der Waals surface area contributed by atoms with Crippen LogP contribution >= 0.6 is 0 Å². The Labute approximate surface area is 151 Å². The summed E-state index contributed by atoms with van der Waals surface area (Å²) in [6.07, 6.45) is 1.63. The summed E-state index contributed by atoms with van der Waals surface area (Å²) in [6, 6.07) is 25.2. The number of carbonyl (C=O) groups is 1. The second kappa shape index (κ2) is 7.23. The number of rotatable bonds is 5. The molecule has 3 aromatic carbocycles. The SMILES string of the molecule is O=C(CC(c1ccccc1)c1ccccc1)Oc1ccc2ocnc2c1. The van der Waals surface area contributed by atoms with Gasteiger partial charge in [0.1, 0.15) is 11.3 Å². The molecule has 0 unspecified atom stereocenters. The molecule has 4 rings (SSSR count). The van der Waals surface area contributed by atoms with Gasteiger partial charge >= 0.3 is 5.97 Å². The molecule has 4 aromatic rings. The molecule has 0 fully saturated rings. The first-order valence-electron chi connectivity index (χ1n) is 8.43. The van der Waals surface area contributed by atoms with E-state index in [-0.39, 0.29) is 18.3 Å². The maximum Gasteiger partial charge on any atom is 0.312 e. The molecule has 4 heteroatoms. The molecular formula is C22H17NO3. The summed E-state index contributed by atoms with van der Waals surface area (Å²) in [4.78, 5) is 16.7. The molecule has 0 N–H and O–H groups in total. The Hall–Kier alpha value is -3.40. The van der Waals surface area contributed by atoms with E-state index in [1.54, 1.807) is 18.2 Å². The lowest BCUT2D eigenvalue weighted by atomic mass is 9.89. The van der Waals surface area contributed by atoms with Gasteiger partial charge in [0, 0.05) is 12.0 Å². The highest BCUT2D eigenvalue weighted by atomic mass is 16.5. The average molecular weight is 343 g/mol. The summed E-state index contributed by atoms with van der Waals surface area (Å²) in [6.45, 7) is 0. The quantitative estimate of drug-likeness (QED) is 0.380. The van der Waals surface area contributed by atoms with Crippen LogP contribution in [0.5, 0.6) is 5.75 Å². The number of ether oxygens (including phenoxy) is 1. The lowest BCUT2D eigenvalue weighted by Crippen LogP contribution is -2.14. The van der Waals surface area contributed by atoms with Gasteiger partial charge in [0.05, 0.1) is 6.42 Å². The molecule has 0 saturated heterocycles. The highest BCUT2D eigenvalue weighted by Gasteiger charge is 2.19. The minimum atomic E-state index is -0.287. The fraction of sp³-hybridized carbons (Fsp3) is 0.0909. The van der Waals surface area contributed by atoms with Crippen molar-refractivity contribution in [3.05, 3.63) is 96.4 Å². The Morgan fingerprint density at radius 3 is 2.23 bits per heavy atom. The molecule has 26 heavy (non-hydrogen) atoms. The predicted octanol–water partition coefficient (Wildman–Crippen LogP) is 4.96. The smallest absolute Gasteiger partial charge is 0.312 e. The second-order valence-corrected chi connectivity index (χ2v) is 6.03. The molecule has 0 aliphatic rings. The molecule has 0 saturated carbocycles. The molecule has 0 amide bonds. The third kappa shape index (κ3) is 3.49. The molecule has 0 radical (unpaired) electrons. The van der Waals surface area contributed by atoms with Crippen molar-refractivity contribution in [3.63, 3.8) is 0 Å². The number of nitrogens with zero attached hydrogens (tertiary/aromatic N) is 1. The minimum Gasteiger partial charge on any atom is -0.443 e. The molecule has 1 aromatic heterocycles. The van der Waals surface area contributed by atoms with Gasteiger partial charge in [-0.05, 0) is 23.3 Å². The van der Waals surface area contributed by atoms with Crippen molar-refractivity contribution >= 4 is 17.1 Å². The fourth-order valence-corrected chi connectivity index (χ4v) is 3.04. The van der Waals surface area contributed by atoms with Crippen LogP contribution in [0.1, 0.15) is 23.5 Å². The fourth-order valence-electron chi connectivity index (χ4n) is 3.04. The van der Waals surface area contributed by atoms with Crippen molar-refractivity contribution in [3.8, 4) is 5.75 Å². The van der Waals surface area contributed by atoms with Crippen molar-refractivity contribution in [2.24, 2.45) is 0 Å². The first-order valence-corrected chi connectivity index (χ1v) is 8.43. The Balaban J connectivity index is 1.56. The van der Waals surface area contributed by atoms with E-state index >= 15 is 0 Å². The first kappa shape index (κ1) is 16.1. The highest BCUT2D eigenvalue weighted by molar-refractivity contribution is 5.78. The van der Waals surface area contributed by atoms with Crippen molar-refractivity contribution in [1.82, 2.24) is 4.98 Å². The molecule has 0 aliphatic heterocycles. The van der Waals surface area contributed by atoms with E-state index in [9.17, 15) is 4.79 Å². The van der Waals surface area contributed by atoms with Crippen molar-refractivity contribution in [2.45, 2.75) is 12.3 Å². The third-order valence-electron chi connectivity index (χ3n) is 4.31. The Morgan fingerprint density at radius 1 is 0.923 bits per heavy atom. The number of benzene rings is 3. The van der Waals surface area contributed by atoms with Gasteiger partial charge in [0.2, 0.25) is 0 Å². The van der Waals surface area contributed by atoms with Gasteiger partial charge in [-0.1, -0.05) is 60.7 Å². The van der Waals surface area contributed by atoms with Gasteiger partial charge in [0.25, 0.3) is 0 Å². The van der Waals surface area contributed by atoms with E-state index in [1.165, 1.54) is 6.39 Å². The van der Waals surface area contributed by atoms with Gasteiger partial charge in [-0.2, -0.15) is 0 Å². The van der Waals surface area contributed by atoms with Crippen LogP contribution < -0.4 is 4.74 Å².